The summed E-state index contributed by atoms with van der Waals surface area (Å²) < 4.78 is 29.2. The second-order valence-electron chi connectivity index (χ2n) is 5.04. The van der Waals surface area contributed by atoms with Gasteiger partial charge in [-0.05, 0) is 19.1 Å². The summed E-state index contributed by atoms with van der Waals surface area (Å²) in [6.45, 7) is 2.70. The second kappa shape index (κ2) is 7.28. The number of rotatable bonds is 7. The average Bonchev–Trinajstić information content (AvgIpc) is 2.95. The van der Waals surface area contributed by atoms with Crippen molar-refractivity contribution in [3.63, 3.8) is 0 Å². The molecule has 0 saturated carbocycles. The lowest BCUT2D eigenvalue weighted by molar-refractivity contribution is 0.102. The normalized spacial score (nSPS) is 11.2. The first-order valence-corrected chi connectivity index (χ1v) is 9.18. The van der Waals surface area contributed by atoms with Crippen LogP contribution in [0, 0.1) is 0 Å². The van der Waals surface area contributed by atoms with Gasteiger partial charge in [0.25, 0.3) is 5.91 Å². The van der Waals surface area contributed by atoms with Gasteiger partial charge in [-0.3, -0.25) is 9.48 Å². The Morgan fingerprint density at radius 2 is 2.17 bits per heavy atom. The standard InChI is InChI=1S/C15H19N3O4S/c1-3-18-11-12(10-16-18)15(19)17-13-5-4-6-14(9-13)22-7-8-23(2,20)21/h4-6,9-11H,3,7-8H2,1-2H3,(H,17,19). The topological polar surface area (TPSA) is 90.3 Å². The molecule has 0 aliphatic heterocycles. The molecule has 2 aromatic rings. The summed E-state index contributed by atoms with van der Waals surface area (Å²) in [6.07, 6.45) is 4.33. The number of ether oxygens (including phenoxy) is 1. The average molecular weight is 337 g/mol. The molecule has 0 saturated heterocycles. The third-order valence-electron chi connectivity index (χ3n) is 3.03. The molecular weight excluding hydrogens is 318 g/mol. The summed E-state index contributed by atoms with van der Waals surface area (Å²) in [5.41, 5.74) is 1.03. The maximum Gasteiger partial charge on any atom is 0.258 e. The fourth-order valence-electron chi connectivity index (χ4n) is 1.83. The molecule has 1 aromatic carbocycles. The number of anilines is 1. The van der Waals surface area contributed by atoms with E-state index in [1.165, 1.54) is 6.20 Å². The van der Waals surface area contributed by atoms with Crippen LogP contribution in [0.5, 0.6) is 5.75 Å². The molecule has 1 heterocycles. The van der Waals surface area contributed by atoms with Crippen molar-refractivity contribution in [2.45, 2.75) is 13.5 Å². The molecule has 0 unspecified atom stereocenters. The third-order valence-corrected chi connectivity index (χ3v) is 3.94. The Labute approximate surface area is 135 Å². The number of aromatic nitrogens is 2. The molecule has 0 spiro atoms. The Balaban J connectivity index is 1.97. The number of benzene rings is 1. The fourth-order valence-corrected chi connectivity index (χ4v) is 2.22. The van der Waals surface area contributed by atoms with Gasteiger partial charge in [-0.25, -0.2) is 8.42 Å². The van der Waals surface area contributed by atoms with Gasteiger partial charge < -0.3 is 10.1 Å². The Hall–Kier alpha value is -2.35. The van der Waals surface area contributed by atoms with Crippen molar-refractivity contribution in [3.05, 3.63) is 42.2 Å². The maximum absolute atomic E-state index is 12.1. The molecule has 1 aromatic heterocycles. The van der Waals surface area contributed by atoms with Crippen molar-refractivity contribution in [2.75, 3.05) is 23.9 Å². The highest BCUT2D eigenvalue weighted by molar-refractivity contribution is 7.90. The van der Waals surface area contributed by atoms with Crippen LogP contribution in [-0.2, 0) is 16.4 Å². The molecule has 1 amide bonds. The lowest BCUT2D eigenvalue weighted by Crippen LogP contribution is -2.13. The van der Waals surface area contributed by atoms with E-state index in [4.69, 9.17) is 4.74 Å². The zero-order chi connectivity index (χ0) is 16.9. The smallest absolute Gasteiger partial charge is 0.258 e. The Bertz CT molecular complexity index is 784. The third kappa shape index (κ3) is 5.41. The molecule has 0 aliphatic carbocycles. The van der Waals surface area contributed by atoms with Crippen LogP contribution in [0.15, 0.2) is 36.7 Å². The molecule has 1 N–H and O–H groups in total. The van der Waals surface area contributed by atoms with E-state index in [0.717, 1.165) is 6.26 Å². The monoisotopic (exact) mass is 337 g/mol. The molecule has 2 rings (SSSR count). The molecule has 0 bridgehead atoms. The zero-order valence-electron chi connectivity index (χ0n) is 13.0. The van der Waals surface area contributed by atoms with Crippen LogP contribution in [0.2, 0.25) is 0 Å². The summed E-state index contributed by atoms with van der Waals surface area (Å²) in [4.78, 5) is 12.1. The van der Waals surface area contributed by atoms with Crippen LogP contribution in [0.1, 0.15) is 17.3 Å². The van der Waals surface area contributed by atoms with Crippen LogP contribution in [-0.4, -0.2) is 42.7 Å². The second-order valence-corrected chi connectivity index (χ2v) is 7.30. The number of carbonyl (C=O) groups is 1. The highest BCUT2D eigenvalue weighted by Crippen LogP contribution is 2.18. The van der Waals surface area contributed by atoms with Crippen LogP contribution in [0.25, 0.3) is 0 Å². The predicted octanol–water partition coefficient (Wildman–Crippen LogP) is 1.58. The summed E-state index contributed by atoms with van der Waals surface area (Å²) >= 11 is 0. The largest absolute Gasteiger partial charge is 0.492 e. The van der Waals surface area contributed by atoms with Crippen molar-refractivity contribution in [1.29, 1.82) is 0 Å². The van der Waals surface area contributed by atoms with Gasteiger partial charge in [-0.15, -0.1) is 0 Å². The van der Waals surface area contributed by atoms with Crippen molar-refractivity contribution in [2.24, 2.45) is 0 Å². The van der Waals surface area contributed by atoms with E-state index in [0.29, 0.717) is 23.5 Å². The molecule has 0 radical (unpaired) electrons. The van der Waals surface area contributed by atoms with Gasteiger partial charge in [0.1, 0.15) is 12.4 Å². The minimum absolute atomic E-state index is 0.0558. The number of carbonyl (C=O) groups excluding carboxylic acids is 1. The van der Waals surface area contributed by atoms with E-state index < -0.39 is 9.84 Å². The Morgan fingerprint density at radius 1 is 1.39 bits per heavy atom. The summed E-state index contributed by atoms with van der Waals surface area (Å²) in [5, 5.41) is 6.80. The van der Waals surface area contributed by atoms with Crippen LogP contribution in [0.4, 0.5) is 5.69 Å². The van der Waals surface area contributed by atoms with E-state index in [2.05, 4.69) is 10.4 Å². The predicted molar refractivity (Wildman–Crippen MR) is 87.5 cm³/mol. The molecule has 8 heteroatoms. The first-order valence-electron chi connectivity index (χ1n) is 7.12. The van der Waals surface area contributed by atoms with Crippen molar-refractivity contribution >= 4 is 21.4 Å². The number of sulfone groups is 1. The SMILES string of the molecule is CCn1cc(C(=O)Nc2cccc(OCCS(C)(=O)=O)c2)cn1. The molecule has 7 nitrogen and oxygen atoms in total. The van der Waals surface area contributed by atoms with Crippen molar-refractivity contribution in [1.82, 2.24) is 9.78 Å². The highest BCUT2D eigenvalue weighted by atomic mass is 32.2. The van der Waals surface area contributed by atoms with Gasteiger partial charge in [-0.2, -0.15) is 5.10 Å². The molecule has 0 atom stereocenters. The number of amides is 1. The molecule has 0 fully saturated rings. The van der Waals surface area contributed by atoms with E-state index in [1.54, 1.807) is 35.1 Å². The molecule has 23 heavy (non-hydrogen) atoms. The van der Waals surface area contributed by atoms with Gasteiger partial charge in [0.2, 0.25) is 0 Å². The fraction of sp³-hybridized carbons (Fsp3) is 0.333. The zero-order valence-corrected chi connectivity index (χ0v) is 13.8. The lowest BCUT2D eigenvalue weighted by Gasteiger charge is -2.08. The van der Waals surface area contributed by atoms with Gasteiger partial charge in [-0.1, -0.05) is 6.07 Å². The first-order chi connectivity index (χ1) is 10.9. The van der Waals surface area contributed by atoms with Crippen LogP contribution >= 0.6 is 0 Å². The summed E-state index contributed by atoms with van der Waals surface area (Å²) in [7, 11) is -3.06. The first kappa shape index (κ1) is 17.0. The van der Waals surface area contributed by atoms with Crippen molar-refractivity contribution < 1.29 is 17.9 Å². The number of aryl methyl sites for hydroxylation is 1. The van der Waals surface area contributed by atoms with Gasteiger partial charge in [0, 0.05) is 30.8 Å². The van der Waals surface area contributed by atoms with Crippen LogP contribution < -0.4 is 10.1 Å². The Kier molecular flexibility index (Phi) is 5.38. The summed E-state index contributed by atoms with van der Waals surface area (Å²) in [6, 6.07) is 6.80. The number of hydrogen-bond acceptors (Lipinski definition) is 5. The van der Waals surface area contributed by atoms with Gasteiger partial charge >= 0.3 is 0 Å². The van der Waals surface area contributed by atoms with E-state index in [1.807, 2.05) is 6.92 Å². The number of hydrogen-bond donors (Lipinski definition) is 1. The minimum atomic E-state index is -3.06. The van der Waals surface area contributed by atoms with E-state index in [9.17, 15) is 13.2 Å². The number of nitrogens with one attached hydrogen (secondary N) is 1. The Morgan fingerprint density at radius 3 is 2.83 bits per heavy atom. The number of nitrogens with zero attached hydrogens (tertiary/aromatic N) is 2. The molecular formula is C15H19N3O4S. The lowest BCUT2D eigenvalue weighted by atomic mass is 10.2. The molecule has 124 valence electrons. The van der Waals surface area contributed by atoms with Gasteiger partial charge in [0.05, 0.1) is 17.5 Å². The summed E-state index contributed by atoms with van der Waals surface area (Å²) in [5.74, 6) is 0.175. The maximum atomic E-state index is 12.1. The minimum Gasteiger partial charge on any atom is -0.492 e. The molecule has 0 aliphatic rings. The van der Waals surface area contributed by atoms with E-state index >= 15 is 0 Å². The highest BCUT2D eigenvalue weighted by Gasteiger charge is 2.09. The quantitative estimate of drug-likeness (QED) is 0.828. The van der Waals surface area contributed by atoms with Gasteiger partial charge in [0.15, 0.2) is 9.84 Å². The van der Waals surface area contributed by atoms with E-state index in [-0.39, 0.29) is 18.3 Å². The van der Waals surface area contributed by atoms with Crippen molar-refractivity contribution in [3.8, 4) is 5.75 Å². The van der Waals surface area contributed by atoms with Crippen LogP contribution in [0.3, 0.4) is 0 Å².